The molecule has 7 heteroatoms. The van der Waals surface area contributed by atoms with Gasteiger partial charge in [0.05, 0.1) is 0 Å². The quantitative estimate of drug-likeness (QED) is 0.169. The zero-order valence-corrected chi connectivity index (χ0v) is 20.4. The van der Waals surface area contributed by atoms with E-state index < -0.39 is 24.9 Å². The van der Waals surface area contributed by atoms with Crippen LogP contribution in [-0.4, -0.2) is 19.0 Å². The Morgan fingerprint density at radius 1 is 0.657 bits per heavy atom. The molecule has 0 aliphatic heterocycles. The molecule has 4 aromatic rings. The Kier molecular flexibility index (Phi) is 7.21. The summed E-state index contributed by atoms with van der Waals surface area (Å²) in [6.45, 7) is -1.39. The Hall–Kier alpha value is -2.88. The molecule has 4 aromatic carbocycles. The van der Waals surface area contributed by atoms with Crippen LogP contribution >= 0.6 is 17.2 Å². The van der Waals surface area contributed by atoms with Crippen LogP contribution in [0.2, 0.25) is 0 Å². The minimum absolute atomic E-state index is 0.0862. The van der Waals surface area contributed by atoms with Crippen molar-refractivity contribution >= 4 is 33.1 Å². The van der Waals surface area contributed by atoms with Crippen LogP contribution in [-0.2, 0) is 6.16 Å². The second-order valence-electron chi connectivity index (χ2n) is 8.34. The zero-order chi connectivity index (χ0) is 25.0. The van der Waals surface area contributed by atoms with E-state index in [9.17, 15) is 17.6 Å². The van der Waals surface area contributed by atoms with E-state index in [1.165, 1.54) is 12.1 Å². The molecular weight excluding hydrogens is 495 g/mol. The summed E-state index contributed by atoms with van der Waals surface area (Å²) in [4.78, 5) is 0. The van der Waals surface area contributed by atoms with E-state index in [1.54, 1.807) is 12.1 Å². The van der Waals surface area contributed by atoms with Gasteiger partial charge in [-0.3, -0.25) is 0 Å². The number of hydrogen-bond donors (Lipinski definition) is 0. The van der Waals surface area contributed by atoms with Gasteiger partial charge in [-0.15, -0.1) is 0 Å². The summed E-state index contributed by atoms with van der Waals surface area (Å²) in [5.74, 6) is -7.68. The molecular formula is C28H24ClF4OP. The average Bonchev–Trinajstić information content (AvgIpc) is 2.90. The number of alkyl halides is 4. The number of benzene rings is 4. The molecule has 0 unspecified atom stereocenters. The summed E-state index contributed by atoms with van der Waals surface area (Å²) in [6.07, 6.45) is -3.33. The summed E-state index contributed by atoms with van der Waals surface area (Å²) >= 11 is 8.02. The van der Waals surface area contributed by atoms with Gasteiger partial charge in [-0.1, -0.05) is 0 Å². The van der Waals surface area contributed by atoms with Gasteiger partial charge in [-0.2, -0.15) is 0 Å². The molecule has 1 nitrogen and oxygen atoms in total. The van der Waals surface area contributed by atoms with E-state index in [0.717, 1.165) is 21.5 Å². The molecule has 0 radical (unpaired) electrons. The van der Waals surface area contributed by atoms with Crippen LogP contribution in [0.25, 0.3) is 0 Å². The standard InChI is InChI=1S/C28H24ClF4OP/c29-35(24-10-4-1-5-11-24,25-12-6-2-7-13-25,26-14-8-3-9-15-26)20-22-16-18-23(19-17-22)34-21-28(32,33)27(30)31/h1-19,27H,20-21H2. The van der Waals surface area contributed by atoms with Crippen LogP contribution < -0.4 is 20.7 Å². The SMILES string of the molecule is FC(F)C(F)(F)COc1ccc(CP(Cl)(c2ccccc2)(c2ccccc2)c2ccccc2)cc1. The van der Waals surface area contributed by atoms with E-state index in [0.29, 0.717) is 6.16 Å². The molecule has 0 spiro atoms. The van der Waals surface area contributed by atoms with Crippen molar-refractivity contribution in [3.8, 4) is 5.75 Å². The number of ether oxygens (including phenoxy) is 1. The van der Waals surface area contributed by atoms with E-state index in [4.69, 9.17) is 16.0 Å². The van der Waals surface area contributed by atoms with Crippen LogP contribution in [0.15, 0.2) is 115 Å². The summed E-state index contributed by atoms with van der Waals surface area (Å²) in [6, 6.07) is 36.3. The first-order valence-electron chi connectivity index (χ1n) is 11.0. The van der Waals surface area contributed by atoms with Crippen LogP contribution in [0, 0.1) is 0 Å². The zero-order valence-electron chi connectivity index (χ0n) is 18.7. The third-order valence-corrected chi connectivity index (χ3v) is 13.2. The molecule has 0 aromatic heterocycles. The van der Waals surface area contributed by atoms with E-state index in [-0.39, 0.29) is 5.75 Å². The fourth-order valence-corrected chi connectivity index (χ4v) is 10.4. The Bertz CT molecular complexity index is 1140. The third-order valence-electron chi connectivity index (χ3n) is 6.04. The molecule has 0 heterocycles. The topological polar surface area (TPSA) is 9.23 Å². The average molecular weight is 519 g/mol. The van der Waals surface area contributed by atoms with E-state index >= 15 is 0 Å². The minimum atomic E-state index is -4.21. The van der Waals surface area contributed by atoms with Crippen LogP contribution in [0.4, 0.5) is 17.6 Å². The molecule has 182 valence electrons. The van der Waals surface area contributed by atoms with Gasteiger partial charge in [0, 0.05) is 0 Å². The van der Waals surface area contributed by atoms with Gasteiger partial charge in [0.25, 0.3) is 0 Å². The van der Waals surface area contributed by atoms with Gasteiger partial charge in [0.1, 0.15) is 0 Å². The van der Waals surface area contributed by atoms with Gasteiger partial charge in [0.15, 0.2) is 0 Å². The predicted molar refractivity (Wildman–Crippen MR) is 138 cm³/mol. The Labute approximate surface area is 207 Å². The fourth-order valence-electron chi connectivity index (χ4n) is 4.21. The summed E-state index contributed by atoms with van der Waals surface area (Å²) < 4.78 is 56.4. The van der Waals surface area contributed by atoms with E-state index in [2.05, 4.69) is 0 Å². The molecule has 0 bridgehead atoms. The van der Waals surface area contributed by atoms with Crippen LogP contribution in [0.1, 0.15) is 5.56 Å². The van der Waals surface area contributed by atoms with E-state index in [1.807, 2.05) is 91.0 Å². The monoisotopic (exact) mass is 518 g/mol. The Balaban J connectivity index is 1.79. The van der Waals surface area contributed by atoms with Crippen molar-refractivity contribution in [1.82, 2.24) is 0 Å². The first-order valence-corrected chi connectivity index (χ1v) is 14.3. The molecule has 0 saturated carbocycles. The Morgan fingerprint density at radius 3 is 1.43 bits per heavy atom. The molecule has 0 atom stereocenters. The van der Waals surface area contributed by atoms with Crippen molar-refractivity contribution < 1.29 is 22.3 Å². The third kappa shape index (κ3) is 4.94. The first kappa shape index (κ1) is 25.2. The van der Waals surface area contributed by atoms with Crippen LogP contribution in [0.5, 0.6) is 5.75 Å². The van der Waals surface area contributed by atoms with Gasteiger partial charge in [-0.25, -0.2) is 0 Å². The van der Waals surface area contributed by atoms with Gasteiger partial charge >= 0.3 is 207 Å². The molecule has 0 aliphatic carbocycles. The van der Waals surface area contributed by atoms with Crippen molar-refractivity contribution in [1.29, 1.82) is 0 Å². The van der Waals surface area contributed by atoms with Crippen molar-refractivity contribution in [3.05, 3.63) is 121 Å². The van der Waals surface area contributed by atoms with Crippen molar-refractivity contribution in [2.45, 2.75) is 18.5 Å². The fraction of sp³-hybridized carbons (Fsp3) is 0.143. The summed E-state index contributed by atoms with van der Waals surface area (Å²) in [5, 5.41) is 2.98. The van der Waals surface area contributed by atoms with Crippen LogP contribution in [0.3, 0.4) is 0 Å². The normalized spacial score (nSPS) is 13.3. The second-order valence-corrected chi connectivity index (χ2v) is 14.8. The summed E-state index contributed by atoms with van der Waals surface area (Å²) in [5.41, 5.74) is 0.863. The molecule has 35 heavy (non-hydrogen) atoms. The number of hydrogen-bond acceptors (Lipinski definition) is 1. The summed E-state index contributed by atoms with van der Waals surface area (Å²) in [7, 11) is 0. The maximum absolute atomic E-state index is 13.3. The first-order chi connectivity index (χ1) is 16.7. The second kappa shape index (κ2) is 10.0. The molecule has 0 N–H and O–H groups in total. The maximum atomic E-state index is 13.3. The Morgan fingerprint density at radius 2 is 1.06 bits per heavy atom. The van der Waals surface area contributed by atoms with Crippen molar-refractivity contribution in [2.24, 2.45) is 0 Å². The van der Waals surface area contributed by atoms with Gasteiger partial charge in [0.2, 0.25) is 0 Å². The molecule has 0 fully saturated rings. The molecule has 0 aliphatic rings. The van der Waals surface area contributed by atoms with Crippen molar-refractivity contribution in [2.75, 3.05) is 6.61 Å². The van der Waals surface area contributed by atoms with Crippen molar-refractivity contribution in [3.63, 3.8) is 0 Å². The van der Waals surface area contributed by atoms with Gasteiger partial charge < -0.3 is 0 Å². The van der Waals surface area contributed by atoms with Gasteiger partial charge in [-0.05, 0) is 0 Å². The number of halogens is 5. The molecule has 0 saturated heterocycles. The molecule has 4 rings (SSSR count). The predicted octanol–water partition coefficient (Wildman–Crippen LogP) is 7.15. The molecule has 0 amide bonds. The number of rotatable bonds is 9.